The number of nitrogens with zero attached hydrogens (tertiary/aromatic N) is 2. The fraction of sp³-hybridized carbons (Fsp3) is 0.111. The third-order valence-electron chi connectivity index (χ3n) is 5.66. The molecular formula is C27H25N5O4S. The van der Waals surface area contributed by atoms with Crippen molar-refractivity contribution in [2.24, 2.45) is 5.73 Å². The number of aromatic nitrogens is 1. The molecule has 1 atom stereocenters. The zero-order valence-corrected chi connectivity index (χ0v) is 20.8. The molecule has 3 aromatic carbocycles. The van der Waals surface area contributed by atoms with Gasteiger partial charge in [0.15, 0.2) is 5.69 Å². The Balaban J connectivity index is 1.80. The van der Waals surface area contributed by atoms with Crippen molar-refractivity contribution in [3.8, 4) is 5.75 Å². The molecule has 5 N–H and O–H groups in total. The second-order valence-electron chi connectivity index (χ2n) is 8.03. The third kappa shape index (κ3) is 5.60. The molecule has 0 radical (unpaired) electrons. The molecule has 1 aromatic heterocycles. The number of ether oxygens (including phenoxy) is 1. The molecule has 10 heteroatoms. The molecule has 0 spiro atoms. The number of hydrogen-bond donors (Lipinski definition) is 3. The van der Waals surface area contributed by atoms with E-state index in [1.165, 1.54) is 4.90 Å². The molecule has 4 rings (SSSR count). The van der Waals surface area contributed by atoms with Gasteiger partial charge >= 0.3 is 0 Å². The quantitative estimate of drug-likeness (QED) is 0.311. The van der Waals surface area contributed by atoms with Gasteiger partial charge in [0.2, 0.25) is 5.91 Å². The predicted octanol–water partition coefficient (Wildman–Crippen LogP) is 3.54. The van der Waals surface area contributed by atoms with Gasteiger partial charge in [-0.3, -0.25) is 19.3 Å². The van der Waals surface area contributed by atoms with Crippen LogP contribution in [0.3, 0.4) is 0 Å². The lowest BCUT2D eigenvalue weighted by molar-refractivity contribution is -0.122. The first-order valence-electron chi connectivity index (χ1n) is 11.3. The molecule has 0 aliphatic heterocycles. The molecule has 0 saturated carbocycles. The van der Waals surface area contributed by atoms with Crippen LogP contribution < -0.4 is 26.4 Å². The van der Waals surface area contributed by atoms with Gasteiger partial charge in [-0.1, -0.05) is 60.7 Å². The Morgan fingerprint density at radius 2 is 1.59 bits per heavy atom. The number of rotatable bonds is 9. The summed E-state index contributed by atoms with van der Waals surface area (Å²) in [6, 6.07) is 24.0. The first-order valence-corrected chi connectivity index (χ1v) is 12.1. The second kappa shape index (κ2) is 11.4. The Morgan fingerprint density at radius 1 is 0.973 bits per heavy atom. The summed E-state index contributed by atoms with van der Waals surface area (Å²) in [4.78, 5) is 40.8. The number of amides is 3. The smallest absolute Gasteiger partial charge is 0.273 e. The highest BCUT2D eigenvalue weighted by Crippen LogP contribution is 2.33. The largest absolute Gasteiger partial charge is 0.497 e. The van der Waals surface area contributed by atoms with Gasteiger partial charge in [0.05, 0.1) is 12.8 Å². The van der Waals surface area contributed by atoms with E-state index >= 15 is 0 Å². The number of benzene rings is 3. The van der Waals surface area contributed by atoms with E-state index in [0.717, 1.165) is 17.1 Å². The van der Waals surface area contributed by atoms with Crippen molar-refractivity contribution in [1.82, 2.24) is 9.69 Å². The Bertz CT molecular complexity index is 1390. The zero-order valence-electron chi connectivity index (χ0n) is 20.0. The minimum atomic E-state index is -1.08. The lowest BCUT2D eigenvalue weighted by atomic mass is 10.0. The summed E-state index contributed by atoms with van der Waals surface area (Å²) < 4.78 is 9.24. The summed E-state index contributed by atoms with van der Waals surface area (Å²) in [6.45, 7) is 0.262. The lowest BCUT2D eigenvalue weighted by Crippen LogP contribution is -2.44. The maximum atomic E-state index is 14.0. The number of methoxy groups -OCH3 is 1. The zero-order chi connectivity index (χ0) is 26.4. The fourth-order valence-electron chi connectivity index (χ4n) is 3.80. The summed E-state index contributed by atoms with van der Waals surface area (Å²) in [6.07, 6.45) is 0. The van der Waals surface area contributed by atoms with Crippen LogP contribution >= 0.6 is 11.5 Å². The highest BCUT2D eigenvalue weighted by Gasteiger charge is 2.36. The van der Waals surface area contributed by atoms with Crippen molar-refractivity contribution in [2.75, 3.05) is 17.7 Å². The molecule has 1 heterocycles. The molecule has 3 amide bonds. The minimum Gasteiger partial charge on any atom is -0.497 e. The van der Waals surface area contributed by atoms with Crippen LogP contribution in [0.5, 0.6) is 5.75 Å². The molecular weight excluding hydrogens is 490 g/mol. The van der Waals surface area contributed by atoms with Crippen molar-refractivity contribution in [3.05, 3.63) is 107 Å². The first kappa shape index (κ1) is 25.4. The van der Waals surface area contributed by atoms with E-state index in [4.69, 9.17) is 16.2 Å². The van der Waals surface area contributed by atoms with Gasteiger partial charge in [0, 0.05) is 12.2 Å². The highest BCUT2D eigenvalue weighted by atomic mass is 32.1. The number of carbonyl (C=O) groups is 3. The van der Waals surface area contributed by atoms with Gasteiger partial charge in [0.1, 0.15) is 16.7 Å². The number of nitrogens with two attached hydrogens (primary N) is 2. The first-order chi connectivity index (χ1) is 17.9. The lowest BCUT2D eigenvalue weighted by Gasteiger charge is -2.31. The maximum absolute atomic E-state index is 14.0. The van der Waals surface area contributed by atoms with Crippen LogP contribution in [0.4, 0.5) is 11.4 Å². The summed E-state index contributed by atoms with van der Waals surface area (Å²) in [5.74, 6) is -1.25. The number of carbonyl (C=O) groups excluding carboxylic acids is 3. The molecule has 0 aliphatic rings. The topological polar surface area (TPSA) is 141 Å². The van der Waals surface area contributed by atoms with Crippen LogP contribution in [0.15, 0.2) is 84.9 Å². The number of anilines is 2. The summed E-state index contributed by atoms with van der Waals surface area (Å²) in [5.41, 5.74) is 13.0. The van der Waals surface area contributed by atoms with Crippen LogP contribution in [0.2, 0.25) is 0 Å². The van der Waals surface area contributed by atoms with Gasteiger partial charge in [-0.2, -0.15) is 4.37 Å². The van der Waals surface area contributed by atoms with Gasteiger partial charge < -0.3 is 21.5 Å². The van der Waals surface area contributed by atoms with E-state index < -0.39 is 23.8 Å². The molecule has 0 bridgehead atoms. The van der Waals surface area contributed by atoms with E-state index in [9.17, 15) is 14.4 Å². The van der Waals surface area contributed by atoms with Crippen LogP contribution in [0.1, 0.15) is 37.3 Å². The third-order valence-corrected chi connectivity index (χ3v) is 6.51. The van der Waals surface area contributed by atoms with Crippen LogP contribution in [-0.2, 0) is 11.3 Å². The number of primary amides is 1. The summed E-state index contributed by atoms with van der Waals surface area (Å²) in [7, 11) is 1.54. The van der Waals surface area contributed by atoms with E-state index in [1.54, 1.807) is 61.7 Å². The molecule has 9 nitrogen and oxygen atoms in total. The Kier molecular flexibility index (Phi) is 7.80. The van der Waals surface area contributed by atoms with Crippen molar-refractivity contribution in [2.45, 2.75) is 12.6 Å². The molecule has 0 unspecified atom stereocenters. The summed E-state index contributed by atoms with van der Waals surface area (Å²) in [5, 5.41) is 2.94. The standard InChI is InChI=1S/C27H25N5O4S/c1-36-20-14-12-18(13-15-20)23(26(34)30-16-17-8-4-2-5-9-17)32(19-10-6-3-7-11-19)27(35)24-21(28)22(25(29)33)31-37-24/h2-15,23H,16,28H2,1H3,(H2,29,33)(H,30,34)/t23-/m1/s1. The molecule has 0 fully saturated rings. The molecule has 4 aromatic rings. The van der Waals surface area contributed by atoms with Crippen molar-refractivity contribution < 1.29 is 19.1 Å². The molecule has 188 valence electrons. The average Bonchev–Trinajstić information content (AvgIpc) is 3.32. The number of hydrogen-bond acceptors (Lipinski definition) is 7. The SMILES string of the molecule is COc1ccc([C@H](C(=O)NCc2ccccc2)N(C(=O)c2snc(C(N)=O)c2N)c2ccccc2)cc1. The Morgan fingerprint density at radius 3 is 2.16 bits per heavy atom. The number of nitrogens with one attached hydrogen (secondary N) is 1. The average molecular weight is 516 g/mol. The van der Waals surface area contributed by atoms with Crippen LogP contribution in [0, 0.1) is 0 Å². The van der Waals surface area contributed by atoms with E-state index in [1.807, 2.05) is 30.3 Å². The molecule has 0 aliphatic carbocycles. The number of para-hydroxylation sites is 1. The van der Waals surface area contributed by atoms with Crippen molar-refractivity contribution >= 4 is 40.6 Å². The fourth-order valence-corrected chi connectivity index (χ4v) is 4.54. The van der Waals surface area contributed by atoms with Crippen LogP contribution in [0.25, 0.3) is 0 Å². The van der Waals surface area contributed by atoms with Crippen molar-refractivity contribution in [1.29, 1.82) is 0 Å². The van der Waals surface area contributed by atoms with E-state index in [-0.39, 0.29) is 22.8 Å². The van der Waals surface area contributed by atoms with Gasteiger partial charge in [-0.15, -0.1) is 0 Å². The Hall–Kier alpha value is -4.70. The van der Waals surface area contributed by atoms with Crippen LogP contribution in [-0.4, -0.2) is 29.2 Å². The summed E-state index contributed by atoms with van der Waals surface area (Å²) >= 11 is 0.757. The predicted molar refractivity (Wildman–Crippen MR) is 142 cm³/mol. The maximum Gasteiger partial charge on any atom is 0.273 e. The van der Waals surface area contributed by atoms with Gasteiger partial charge in [0.25, 0.3) is 11.8 Å². The second-order valence-corrected chi connectivity index (χ2v) is 8.80. The highest BCUT2D eigenvalue weighted by molar-refractivity contribution is 7.09. The molecule has 37 heavy (non-hydrogen) atoms. The van der Waals surface area contributed by atoms with E-state index in [2.05, 4.69) is 9.69 Å². The molecule has 0 saturated heterocycles. The normalized spacial score (nSPS) is 11.4. The van der Waals surface area contributed by atoms with Gasteiger partial charge in [-0.05, 0) is 46.9 Å². The monoisotopic (exact) mass is 515 g/mol. The van der Waals surface area contributed by atoms with Gasteiger partial charge in [-0.25, -0.2) is 0 Å². The minimum absolute atomic E-state index is 0.00650. The Labute approximate surface area is 217 Å². The number of nitrogen functional groups attached to an aromatic ring is 1. The van der Waals surface area contributed by atoms with Crippen molar-refractivity contribution in [3.63, 3.8) is 0 Å². The van der Waals surface area contributed by atoms with E-state index in [0.29, 0.717) is 17.0 Å².